The molecule has 0 radical (unpaired) electrons. The van der Waals surface area contributed by atoms with Gasteiger partial charge in [-0.3, -0.25) is 9.59 Å². The fourth-order valence-electron chi connectivity index (χ4n) is 3.06. The lowest BCUT2D eigenvalue weighted by Crippen LogP contribution is -2.50. The maximum Gasteiger partial charge on any atom is 0.287 e. The fourth-order valence-corrected chi connectivity index (χ4v) is 3.06. The highest BCUT2D eigenvalue weighted by atomic mass is 16.3. The molecular formula is C19H31N3O3. The fraction of sp³-hybridized carbons (Fsp3) is 0.684. The number of hydrogen-bond acceptors (Lipinski definition) is 4. The Morgan fingerprint density at radius 3 is 2.64 bits per heavy atom. The second-order valence-corrected chi connectivity index (χ2v) is 7.34. The van der Waals surface area contributed by atoms with Gasteiger partial charge in [-0.05, 0) is 62.9 Å². The topological polar surface area (TPSA) is 74.6 Å². The molecule has 2 rings (SSSR count). The van der Waals surface area contributed by atoms with Crippen molar-refractivity contribution in [3.8, 4) is 0 Å². The van der Waals surface area contributed by atoms with Crippen molar-refractivity contribution in [1.82, 2.24) is 15.5 Å². The summed E-state index contributed by atoms with van der Waals surface area (Å²) in [5, 5.41) is 5.71. The molecule has 0 aromatic carbocycles. The zero-order valence-corrected chi connectivity index (χ0v) is 15.6. The molecule has 1 fully saturated rings. The van der Waals surface area contributed by atoms with Crippen LogP contribution < -0.4 is 10.6 Å². The van der Waals surface area contributed by atoms with Crippen molar-refractivity contribution in [3.05, 3.63) is 24.2 Å². The van der Waals surface area contributed by atoms with Crippen molar-refractivity contribution < 1.29 is 14.0 Å². The van der Waals surface area contributed by atoms with Crippen LogP contribution in [0.25, 0.3) is 0 Å². The van der Waals surface area contributed by atoms with Crippen LogP contribution in [0.5, 0.6) is 0 Å². The molecule has 140 valence electrons. The van der Waals surface area contributed by atoms with Gasteiger partial charge >= 0.3 is 0 Å². The number of carbonyl (C=O) groups excluding carboxylic acids is 2. The lowest BCUT2D eigenvalue weighted by molar-refractivity contribution is -0.123. The van der Waals surface area contributed by atoms with Gasteiger partial charge in [0.05, 0.1) is 6.26 Å². The van der Waals surface area contributed by atoms with Gasteiger partial charge in [-0.25, -0.2) is 0 Å². The van der Waals surface area contributed by atoms with E-state index in [0.29, 0.717) is 6.54 Å². The van der Waals surface area contributed by atoms with Crippen LogP contribution in [0.3, 0.4) is 0 Å². The summed E-state index contributed by atoms with van der Waals surface area (Å²) in [5.74, 6) is 0.559. The minimum atomic E-state index is -0.562. The standard InChI is InChI=1S/C19H31N3O3/c1-14(2)17(21-18(23)16-6-4-13-25-16)19(24)20-9-5-10-22-11-7-15(3)8-12-22/h4,6,13-15,17H,5,7-12H2,1-3H3,(H,20,24)(H,21,23). The van der Waals surface area contributed by atoms with Gasteiger partial charge in [0, 0.05) is 6.54 Å². The van der Waals surface area contributed by atoms with Crippen LogP contribution in [0, 0.1) is 11.8 Å². The lowest BCUT2D eigenvalue weighted by Gasteiger charge is -2.30. The van der Waals surface area contributed by atoms with Gasteiger partial charge in [0.1, 0.15) is 6.04 Å². The van der Waals surface area contributed by atoms with E-state index in [0.717, 1.165) is 32.0 Å². The van der Waals surface area contributed by atoms with Crippen molar-refractivity contribution in [1.29, 1.82) is 0 Å². The zero-order valence-electron chi connectivity index (χ0n) is 15.6. The van der Waals surface area contributed by atoms with Gasteiger partial charge in [-0.15, -0.1) is 0 Å². The molecule has 0 aliphatic carbocycles. The highest BCUT2D eigenvalue weighted by Gasteiger charge is 2.25. The monoisotopic (exact) mass is 349 g/mol. The van der Waals surface area contributed by atoms with E-state index in [2.05, 4.69) is 22.5 Å². The van der Waals surface area contributed by atoms with Crippen LogP contribution in [0.2, 0.25) is 0 Å². The molecule has 1 aromatic heterocycles. The quantitative estimate of drug-likeness (QED) is 0.706. The van der Waals surface area contributed by atoms with Gasteiger partial charge in [-0.2, -0.15) is 0 Å². The molecule has 6 nitrogen and oxygen atoms in total. The van der Waals surface area contributed by atoms with Crippen LogP contribution in [-0.2, 0) is 4.79 Å². The Bertz CT molecular complexity index is 534. The maximum absolute atomic E-state index is 12.4. The molecular weight excluding hydrogens is 318 g/mol. The van der Waals surface area contributed by atoms with Crippen LogP contribution >= 0.6 is 0 Å². The molecule has 2 heterocycles. The molecule has 0 saturated carbocycles. The highest BCUT2D eigenvalue weighted by Crippen LogP contribution is 2.15. The van der Waals surface area contributed by atoms with Crippen LogP contribution in [-0.4, -0.2) is 48.9 Å². The Hall–Kier alpha value is -1.82. The number of rotatable bonds is 8. The molecule has 2 N–H and O–H groups in total. The minimum Gasteiger partial charge on any atom is -0.459 e. The lowest BCUT2D eigenvalue weighted by atomic mass is 9.99. The first-order valence-electron chi connectivity index (χ1n) is 9.31. The maximum atomic E-state index is 12.4. The van der Waals surface area contributed by atoms with Gasteiger partial charge < -0.3 is 20.0 Å². The molecule has 0 spiro atoms. The van der Waals surface area contributed by atoms with Crippen LogP contribution in [0.15, 0.2) is 22.8 Å². The average Bonchev–Trinajstić information content (AvgIpc) is 3.12. The van der Waals surface area contributed by atoms with Crippen LogP contribution in [0.1, 0.15) is 50.6 Å². The normalized spacial score (nSPS) is 17.4. The summed E-state index contributed by atoms with van der Waals surface area (Å²) in [4.78, 5) is 27.0. The summed E-state index contributed by atoms with van der Waals surface area (Å²) >= 11 is 0. The van der Waals surface area contributed by atoms with Gasteiger partial charge in [0.25, 0.3) is 5.91 Å². The van der Waals surface area contributed by atoms with E-state index in [4.69, 9.17) is 4.42 Å². The number of piperidine rings is 1. The van der Waals surface area contributed by atoms with Crippen LogP contribution in [0.4, 0.5) is 0 Å². The number of nitrogens with one attached hydrogen (secondary N) is 2. The highest BCUT2D eigenvalue weighted by molar-refractivity contribution is 5.95. The van der Waals surface area contributed by atoms with Crippen molar-refractivity contribution in [3.63, 3.8) is 0 Å². The molecule has 1 aliphatic heterocycles. The number of nitrogens with zero attached hydrogens (tertiary/aromatic N) is 1. The number of likely N-dealkylation sites (tertiary alicyclic amines) is 1. The Morgan fingerprint density at radius 1 is 1.32 bits per heavy atom. The Balaban J connectivity index is 1.71. The number of amides is 2. The molecule has 2 amide bonds. The summed E-state index contributed by atoms with van der Waals surface area (Å²) in [5.41, 5.74) is 0. The van der Waals surface area contributed by atoms with Gasteiger partial charge in [-0.1, -0.05) is 20.8 Å². The summed E-state index contributed by atoms with van der Waals surface area (Å²) in [6, 6.07) is 2.68. The molecule has 1 saturated heterocycles. The van der Waals surface area contributed by atoms with Gasteiger partial charge in [0.2, 0.25) is 5.91 Å². The minimum absolute atomic E-state index is 0.00231. The molecule has 25 heavy (non-hydrogen) atoms. The third-order valence-electron chi connectivity index (χ3n) is 4.81. The number of carbonyl (C=O) groups is 2. The average molecular weight is 349 g/mol. The first-order valence-corrected chi connectivity index (χ1v) is 9.31. The smallest absolute Gasteiger partial charge is 0.287 e. The predicted octanol–water partition coefficient (Wildman–Crippen LogP) is 2.27. The summed E-state index contributed by atoms with van der Waals surface area (Å²) in [6.07, 6.45) is 4.90. The third-order valence-corrected chi connectivity index (χ3v) is 4.81. The van der Waals surface area contributed by atoms with Crippen molar-refractivity contribution >= 4 is 11.8 Å². The second-order valence-electron chi connectivity index (χ2n) is 7.34. The molecule has 1 aliphatic rings. The van der Waals surface area contributed by atoms with E-state index in [9.17, 15) is 9.59 Å². The largest absolute Gasteiger partial charge is 0.459 e. The summed E-state index contributed by atoms with van der Waals surface area (Å²) in [7, 11) is 0. The molecule has 0 bridgehead atoms. The molecule has 6 heteroatoms. The van der Waals surface area contributed by atoms with E-state index in [1.54, 1.807) is 12.1 Å². The third kappa shape index (κ3) is 6.20. The second kappa shape index (κ2) is 9.61. The Kier molecular flexibility index (Phi) is 7.50. The summed E-state index contributed by atoms with van der Waals surface area (Å²) < 4.78 is 5.08. The van der Waals surface area contributed by atoms with E-state index in [-0.39, 0.29) is 23.5 Å². The molecule has 1 unspecified atom stereocenters. The first-order chi connectivity index (χ1) is 12.0. The van der Waals surface area contributed by atoms with E-state index in [1.165, 1.54) is 19.1 Å². The Morgan fingerprint density at radius 2 is 2.04 bits per heavy atom. The van der Waals surface area contributed by atoms with Crippen molar-refractivity contribution in [2.75, 3.05) is 26.2 Å². The molecule has 1 atom stereocenters. The predicted molar refractivity (Wildman–Crippen MR) is 97.3 cm³/mol. The number of hydrogen-bond donors (Lipinski definition) is 2. The van der Waals surface area contributed by atoms with Gasteiger partial charge in [0.15, 0.2) is 5.76 Å². The molecule has 1 aromatic rings. The van der Waals surface area contributed by atoms with E-state index in [1.807, 2.05) is 13.8 Å². The SMILES string of the molecule is CC1CCN(CCCNC(=O)C(NC(=O)c2ccco2)C(C)C)CC1. The Labute approximate surface area is 150 Å². The number of furan rings is 1. The van der Waals surface area contributed by atoms with Crippen molar-refractivity contribution in [2.45, 2.75) is 46.1 Å². The zero-order chi connectivity index (χ0) is 18.2. The van der Waals surface area contributed by atoms with E-state index < -0.39 is 6.04 Å². The van der Waals surface area contributed by atoms with E-state index >= 15 is 0 Å². The van der Waals surface area contributed by atoms with Crippen molar-refractivity contribution in [2.24, 2.45) is 11.8 Å². The first kappa shape index (κ1) is 19.5. The summed E-state index contributed by atoms with van der Waals surface area (Å²) in [6.45, 7) is 10.1.